The first-order valence-electron chi connectivity index (χ1n) is 12.5. The van der Waals surface area contributed by atoms with Gasteiger partial charge in [-0.2, -0.15) is 0 Å². The van der Waals surface area contributed by atoms with Gasteiger partial charge in [0.25, 0.3) is 0 Å². The number of ether oxygens (including phenoxy) is 1. The van der Waals surface area contributed by atoms with E-state index in [1.165, 1.54) is 39.2 Å². The van der Waals surface area contributed by atoms with E-state index in [9.17, 15) is 0 Å². The molecule has 36 heavy (non-hydrogen) atoms. The highest BCUT2D eigenvalue weighted by Crippen LogP contribution is 2.39. The average Bonchev–Trinajstić information content (AvgIpc) is 3.36. The van der Waals surface area contributed by atoms with Gasteiger partial charge in [0, 0.05) is 30.4 Å². The van der Waals surface area contributed by atoms with Gasteiger partial charge in [0.2, 0.25) is 0 Å². The van der Waals surface area contributed by atoms with Crippen molar-refractivity contribution in [1.82, 2.24) is 14.3 Å². The fourth-order valence-electron chi connectivity index (χ4n) is 5.38. The zero-order valence-corrected chi connectivity index (χ0v) is 21.2. The molecule has 0 radical (unpaired) electrons. The number of aromatic nitrogens is 2. The Morgan fingerprint density at radius 2 is 1.61 bits per heavy atom. The molecule has 0 fully saturated rings. The van der Waals surface area contributed by atoms with Crippen LogP contribution < -0.4 is 10.1 Å². The van der Waals surface area contributed by atoms with Gasteiger partial charge in [-0.05, 0) is 60.2 Å². The number of hydrogen-bond acceptors (Lipinski definition) is 2. The van der Waals surface area contributed by atoms with E-state index in [2.05, 4.69) is 87.2 Å². The van der Waals surface area contributed by atoms with Gasteiger partial charge in [0.05, 0.1) is 18.5 Å². The molecule has 0 saturated carbocycles. The number of thiocarbonyl (C=S) groups is 1. The third-order valence-corrected chi connectivity index (χ3v) is 7.43. The number of methoxy groups -OCH3 is 1. The van der Waals surface area contributed by atoms with Crippen molar-refractivity contribution in [3.63, 3.8) is 0 Å². The molecule has 0 amide bonds. The van der Waals surface area contributed by atoms with Crippen LogP contribution in [0.3, 0.4) is 0 Å². The minimum Gasteiger partial charge on any atom is -0.497 e. The number of benzene rings is 3. The molecular formula is C31H29N3OS. The summed E-state index contributed by atoms with van der Waals surface area (Å²) >= 11 is 6.09. The second-order valence-electron chi connectivity index (χ2n) is 9.28. The molecule has 2 aromatic heterocycles. The Bertz CT molecular complexity index is 1520. The molecule has 0 unspecified atom stereocenters. The van der Waals surface area contributed by atoms with Crippen LogP contribution in [-0.4, -0.2) is 21.1 Å². The maximum atomic E-state index is 6.09. The largest absolute Gasteiger partial charge is 0.497 e. The van der Waals surface area contributed by atoms with Gasteiger partial charge >= 0.3 is 0 Å². The minimum atomic E-state index is 0.697. The molecule has 1 aliphatic heterocycles. The predicted molar refractivity (Wildman–Crippen MR) is 151 cm³/mol. The van der Waals surface area contributed by atoms with Gasteiger partial charge < -0.3 is 14.6 Å². The number of rotatable bonds is 6. The van der Waals surface area contributed by atoms with E-state index in [0.717, 1.165) is 42.2 Å². The molecule has 0 saturated heterocycles. The van der Waals surface area contributed by atoms with Gasteiger partial charge in [-0.15, -0.1) is 0 Å². The molecule has 180 valence electrons. The van der Waals surface area contributed by atoms with Crippen LogP contribution in [0.1, 0.15) is 29.7 Å². The van der Waals surface area contributed by atoms with Crippen LogP contribution in [0.2, 0.25) is 0 Å². The molecule has 1 N–H and O–H groups in total. The first-order valence-corrected chi connectivity index (χ1v) is 12.9. The lowest BCUT2D eigenvalue weighted by atomic mass is 9.98. The Kier molecular flexibility index (Phi) is 6.08. The summed E-state index contributed by atoms with van der Waals surface area (Å²) in [5.74, 6) is 0.867. The fourth-order valence-corrected chi connectivity index (χ4v) is 5.65. The lowest BCUT2D eigenvalue weighted by Crippen LogP contribution is -2.23. The van der Waals surface area contributed by atoms with E-state index in [-0.39, 0.29) is 0 Å². The predicted octanol–water partition coefficient (Wildman–Crippen LogP) is 6.89. The van der Waals surface area contributed by atoms with Crippen molar-refractivity contribution in [3.8, 4) is 28.1 Å². The van der Waals surface area contributed by atoms with Crippen molar-refractivity contribution < 1.29 is 4.74 Å². The molecule has 6 rings (SSSR count). The third-order valence-electron chi connectivity index (χ3n) is 7.09. The maximum Gasteiger partial charge on any atom is 0.124 e. The van der Waals surface area contributed by atoms with Crippen LogP contribution in [0.15, 0.2) is 91.1 Å². The monoisotopic (exact) mass is 491 g/mol. The maximum absolute atomic E-state index is 6.09. The molecule has 0 bridgehead atoms. The Morgan fingerprint density at radius 3 is 2.33 bits per heavy atom. The summed E-state index contributed by atoms with van der Waals surface area (Å²) in [6.45, 7) is 1.69. The Balaban J connectivity index is 1.53. The number of imidazole rings is 1. The molecule has 5 heteroatoms. The molecule has 0 aliphatic carbocycles. The molecule has 0 atom stereocenters. The van der Waals surface area contributed by atoms with E-state index in [4.69, 9.17) is 17.0 Å². The van der Waals surface area contributed by atoms with Crippen LogP contribution in [0.5, 0.6) is 5.75 Å². The van der Waals surface area contributed by atoms with Gasteiger partial charge in [-0.3, -0.25) is 4.40 Å². The van der Waals surface area contributed by atoms with Gasteiger partial charge in [0.15, 0.2) is 0 Å². The Morgan fingerprint density at radius 1 is 0.889 bits per heavy atom. The zero-order valence-electron chi connectivity index (χ0n) is 20.4. The number of hydrogen-bond donors (Lipinski definition) is 1. The molecule has 0 spiro atoms. The van der Waals surface area contributed by atoms with Crippen molar-refractivity contribution in [3.05, 3.63) is 108 Å². The highest BCUT2D eigenvalue weighted by Gasteiger charge is 2.28. The SMILES string of the molecule is COc1ccc(-c2cn3c(C(=S)NCc4ccccc4)c(-c4ccccc4)c4c3n2CCCC4)cc1. The normalized spacial score (nSPS) is 12.9. The summed E-state index contributed by atoms with van der Waals surface area (Å²) in [5.41, 5.74) is 9.81. The van der Waals surface area contributed by atoms with E-state index < -0.39 is 0 Å². The smallest absolute Gasteiger partial charge is 0.124 e. The standard InChI is InChI=1S/C31H29N3OS/c1-35-25-17-15-23(16-18-25)27-21-34-29(30(36)32-20-22-10-4-2-5-11-22)28(24-12-6-3-7-13-24)26-14-8-9-19-33(27)31(26)34/h2-7,10-13,15-18,21H,8-9,14,19-20H2,1H3,(H,32,36). The van der Waals surface area contributed by atoms with Crippen LogP contribution in [0.25, 0.3) is 28.0 Å². The fraction of sp³-hybridized carbons (Fsp3) is 0.194. The number of aryl methyl sites for hydroxylation is 2. The lowest BCUT2D eigenvalue weighted by Gasteiger charge is -2.12. The van der Waals surface area contributed by atoms with E-state index in [1.807, 2.05) is 18.2 Å². The lowest BCUT2D eigenvalue weighted by molar-refractivity contribution is 0.415. The summed E-state index contributed by atoms with van der Waals surface area (Å²) in [4.78, 5) is 0.776. The quantitative estimate of drug-likeness (QED) is 0.263. The van der Waals surface area contributed by atoms with Crippen LogP contribution in [-0.2, 0) is 19.5 Å². The Labute approximate surface area is 217 Å². The second kappa shape index (κ2) is 9.67. The molecule has 1 aliphatic rings. The first-order chi connectivity index (χ1) is 17.7. The number of nitrogens with one attached hydrogen (secondary N) is 1. The average molecular weight is 492 g/mol. The summed E-state index contributed by atoms with van der Waals surface area (Å²) in [5, 5.41) is 3.56. The second-order valence-corrected chi connectivity index (χ2v) is 9.69. The van der Waals surface area contributed by atoms with Crippen LogP contribution in [0, 0.1) is 0 Å². The zero-order chi connectivity index (χ0) is 24.5. The van der Waals surface area contributed by atoms with E-state index in [0.29, 0.717) is 6.54 Å². The van der Waals surface area contributed by atoms with E-state index in [1.54, 1.807) is 7.11 Å². The van der Waals surface area contributed by atoms with Crippen molar-refractivity contribution >= 4 is 22.9 Å². The number of nitrogens with zero attached hydrogens (tertiary/aromatic N) is 2. The summed E-state index contributed by atoms with van der Waals surface area (Å²) < 4.78 is 10.2. The third kappa shape index (κ3) is 3.99. The van der Waals surface area contributed by atoms with E-state index >= 15 is 0 Å². The van der Waals surface area contributed by atoms with Crippen LogP contribution >= 0.6 is 12.2 Å². The van der Waals surface area contributed by atoms with Gasteiger partial charge in [-0.25, -0.2) is 0 Å². The first kappa shape index (κ1) is 22.6. The van der Waals surface area contributed by atoms with Gasteiger partial charge in [0.1, 0.15) is 16.4 Å². The minimum absolute atomic E-state index is 0.697. The topological polar surface area (TPSA) is 30.6 Å². The van der Waals surface area contributed by atoms with Crippen LogP contribution in [0.4, 0.5) is 0 Å². The molecule has 3 aromatic carbocycles. The van der Waals surface area contributed by atoms with Crippen molar-refractivity contribution in [2.75, 3.05) is 7.11 Å². The molecular weight excluding hydrogens is 462 g/mol. The molecule has 5 aromatic rings. The van der Waals surface area contributed by atoms with Crippen molar-refractivity contribution in [2.24, 2.45) is 0 Å². The summed E-state index contributed by atoms with van der Waals surface area (Å²) in [6, 6.07) is 29.5. The molecule has 4 nitrogen and oxygen atoms in total. The van der Waals surface area contributed by atoms with Gasteiger partial charge in [-0.1, -0.05) is 72.9 Å². The highest BCUT2D eigenvalue weighted by atomic mass is 32.1. The summed E-state index contributed by atoms with van der Waals surface area (Å²) in [7, 11) is 1.71. The summed E-state index contributed by atoms with van der Waals surface area (Å²) in [6.07, 6.45) is 5.63. The van der Waals surface area contributed by atoms with Crippen molar-refractivity contribution in [2.45, 2.75) is 32.4 Å². The Hall–Kier alpha value is -3.83. The highest BCUT2D eigenvalue weighted by molar-refractivity contribution is 7.80. The molecule has 3 heterocycles. The van der Waals surface area contributed by atoms with Crippen molar-refractivity contribution in [1.29, 1.82) is 0 Å².